The Kier molecular flexibility index (Phi) is 4.80. The maximum Gasteiger partial charge on any atom is 0.173 e. The molecule has 0 radical (unpaired) electrons. The number of Topliss-reactive ketones (excluding diaryl/α,β-unsaturated/α-hetero) is 1. The molecule has 0 saturated heterocycles. The van der Waals surface area contributed by atoms with Gasteiger partial charge in [0.05, 0.1) is 22.7 Å². The predicted molar refractivity (Wildman–Crippen MR) is 77.4 cm³/mol. The van der Waals surface area contributed by atoms with Crippen molar-refractivity contribution in [2.45, 2.75) is 6.42 Å². The Balaban J connectivity index is 2.30. The van der Waals surface area contributed by atoms with Crippen molar-refractivity contribution in [1.82, 2.24) is 0 Å². The minimum atomic E-state index is -0.961. The highest BCUT2D eigenvalue weighted by atomic mass is 35.5. The molecule has 0 atom stereocenters. The molecular formula is C15H10Cl2F2O2. The summed E-state index contributed by atoms with van der Waals surface area (Å²) >= 11 is 11.6. The molecule has 21 heavy (non-hydrogen) atoms. The van der Waals surface area contributed by atoms with Crippen molar-refractivity contribution >= 4 is 29.0 Å². The van der Waals surface area contributed by atoms with Crippen molar-refractivity contribution in [3.8, 4) is 5.75 Å². The van der Waals surface area contributed by atoms with Gasteiger partial charge in [-0.05, 0) is 17.7 Å². The molecule has 0 fully saturated rings. The van der Waals surface area contributed by atoms with Gasteiger partial charge in [0, 0.05) is 18.6 Å². The largest absolute Gasteiger partial charge is 0.497 e. The maximum atomic E-state index is 13.8. The molecule has 0 bridgehead atoms. The van der Waals surface area contributed by atoms with Gasteiger partial charge >= 0.3 is 0 Å². The molecule has 0 N–H and O–H groups in total. The molecule has 0 aliphatic rings. The Hall–Kier alpha value is -1.65. The highest BCUT2D eigenvalue weighted by Crippen LogP contribution is 2.25. The number of carbonyl (C=O) groups is 1. The number of halogens is 4. The van der Waals surface area contributed by atoms with Crippen LogP contribution in [0.2, 0.25) is 10.0 Å². The Morgan fingerprint density at radius 1 is 1.10 bits per heavy atom. The molecule has 2 aromatic rings. The number of ether oxygens (including phenoxy) is 1. The fourth-order valence-corrected chi connectivity index (χ4v) is 2.18. The topological polar surface area (TPSA) is 26.3 Å². The van der Waals surface area contributed by atoms with Gasteiger partial charge in [-0.15, -0.1) is 0 Å². The molecule has 0 aliphatic heterocycles. The minimum Gasteiger partial charge on any atom is -0.497 e. The SMILES string of the molecule is COc1cc(F)c(C(=O)Cc2ccc(Cl)c(Cl)c2)c(F)c1. The molecular weight excluding hydrogens is 321 g/mol. The number of hydrogen-bond donors (Lipinski definition) is 0. The Labute approximate surface area is 130 Å². The van der Waals surface area contributed by atoms with Gasteiger partial charge in [-0.3, -0.25) is 4.79 Å². The number of methoxy groups -OCH3 is 1. The normalized spacial score (nSPS) is 10.5. The van der Waals surface area contributed by atoms with E-state index in [0.717, 1.165) is 12.1 Å². The Morgan fingerprint density at radius 2 is 1.71 bits per heavy atom. The predicted octanol–water partition coefficient (Wildman–Crippen LogP) is 4.71. The molecule has 0 saturated carbocycles. The first-order chi connectivity index (χ1) is 9.92. The molecule has 0 aliphatic carbocycles. The van der Waals surface area contributed by atoms with Gasteiger partial charge in [0.1, 0.15) is 17.4 Å². The van der Waals surface area contributed by atoms with Gasteiger partial charge in [0.2, 0.25) is 0 Å². The van der Waals surface area contributed by atoms with Crippen molar-refractivity contribution in [2.75, 3.05) is 7.11 Å². The summed E-state index contributed by atoms with van der Waals surface area (Å²) in [7, 11) is 1.28. The van der Waals surface area contributed by atoms with Crippen molar-refractivity contribution in [3.63, 3.8) is 0 Å². The quantitative estimate of drug-likeness (QED) is 0.759. The number of rotatable bonds is 4. The van der Waals surface area contributed by atoms with Crippen LogP contribution in [0, 0.1) is 11.6 Å². The number of ketones is 1. The van der Waals surface area contributed by atoms with Gasteiger partial charge in [-0.2, -0.15) is 0 Å². The summed E-state index contributed by atoms with van der Waals surface area (Å²) in [4.78, 5) is 12.1. The second kappa shape index (κ2) is 6.41. The van der Waals surface area contributed by atoms with Crippen molar-refractivity contribution in [2.24, 2.45) is 0 Å². The van der Waals surface area contributed by atoms with Crippen LogP contribution < -0.4 is 4.74 Å². The molecule has 0 heterocycles. The van der Waals surface area contributed by atoms with E-state index >= 15 is 0 Å². The van der Waals surface area contributed by atoms with Crippen molar-refractivity contribution < 1.29 is 18.3 Å². The molecule has 2 rings (SSSR count). The van der Waals surface area contributed by atoms with E-state index in [1.807, 2.05) is 0 Å². The molecule has 2 aromatic carbocycles. The lowest BCUT2D eigenvalue weighted by Gasteiger charge is -2.07. The van der Waals surface area contributed by atoms with Gasteiger partial charge in [-0.1, -0.05) is 29.3 Å². The van der Waals surface area contributed by atoms with Crippen LogP contribution in [0.15, 0.2) is 30.3 Å². The van der Waals surface area contributed by atoms with E-state index in [1.54, 1.807) is 6.07 Å². The van der Waals surface area contributed by atoms with E-state index < -0.39 is 23.0 Å². The third-order valence-corrected chi connectivity index (χ3v) is 3.62. The van der Waals surface area contributed by atoms with Crippen LogP contribution >= 0.6 is 23.2 Å². The highest BCUT2D eigenvalue weighted by molar-refractivity contribution is 6.42. The Morgan fingerprint density at radius 3 is 2.24 bits per heavy atom. The molecule has 0 spiro atoms. The molecule has 110 valence electrons. The summed E-state index contributed by atoms with van der Waals surface area (Å²) in [6, 6.07) is 6.51. The van der Waals surface area contributed by atoms with Crippen molar-refractivity contribution in [3.05, 3.63) is 63.1 Å². The first-order valence-electron chi connectivity index (χ1n) is 5.92. The lowest BCUT2D eigenvalue weighted by atomic mass is 10.0. The summed E-state index contributed by atoms with van der Waals surface area (Å²) < 4.78 is 32.3. The van der Waals surface area contributed by atoms with Crippen LogP contribution in [-0.4, -0.2) is 12.9 Å². The zero-order valence-corrected chi connectivity index (χ0v) is 12.4. The van der Waals surface area contributed by atoms with Gasteiger partial charge in [-0.25, -0.2) is 8.78 Å². The molecule has 6 heteroatoms. The summed E-state index contributed by atoms with van der Waals surface area (Å²) in [6.07, 6.45) is -0.183. The average molecular weight is 331 g/mol. The van der Waals surface area contributed by atoms with Gasteiger partial charge in [0.25, 0.3) is 0 Å². The summed E-state index contributed by atoms with van der Waals surface area (Å²) in [6.45, 7) is 0. The van der Waals surface area contributed by atoms with Gasteiger partial charge < -0.3 is 4.74 Å². The number of benzene rings is 2. The molecule has 0 aromatic heterocycles. The molecule has 0 amide bonds. The second-order valence-corrected chi connectivity index (χ2v) is 5.13. The van der Waals surface area contributed by atoms with E-state index in [2.05, 4.69) is 0 Å². The molecule has 0 unspecified atom stereocenters. The van der Waals surface area contributed by atoms with E-state index in [0.29, 0.717) is 10.6 Å². The smallest absolute Gasteiger partial charge is 0.173 e. The van der Waals surface area contributed by atoms with Crippen LogP contribution in [0.3, 0.4) is 0 Å². The van der Waals surface area contributed by atoms with Gasteiger partial charge in [0.15, 0.2) is 5.78 Å². The standard InChI is InChI=1S/C15H10Cl2F2O2/c1-21-9-6-12(18)15(13(19)7-9)14(20)5-8-2-3-10(16)11(17)4-8/h2-4,6-7H,5H2,1H3. The third kappa shape index (κ3) is 3.52. The summed E-state index contributed by atoms with van der Waals surface area (Å²) in [5.41, 5.74) is -0.0779. The fraction of sp³-hybridized carbons (Fsp3) is 0.133. The number of carbonyl (C=O) groups excluding carboxylic acids is 1. The second-order valence-electron chi connectivity index (χ2n) is 4.31. The monoisotopic (exact) mass is 330 g/mol. The van der Waals surface area contributed by atoms with Crippen LogP contribution in [-0.2, 0) is 6.42 Å². The first-order valence-corrected chi connectivity index (χ1v) is 6.68. The average Bonchev–Trinajstić information content (AvgIpc) is 2.42. The lowest BCUT2D eigenvalue weighted by molar-refractivity contribution is 0.0985. The fourth-order valence-electron chi connectivity index (χ4n) is 1.86. The molecule has 2 nitrogen and oxygen atoms in total. The maximum absolute atomic E-state index is 13.8. The van der Waals surface area contributed by atoms with Crippen LogP contribution in [0.5, 0.6) is 5.75 Å². The van der Waals surface area contributed by atoms with E-state index in [9.17, 15) is 13.6 Å². The van der Waals surface area contributed by atoms with Crippen LogP contribution in [0.1, 0.15) is 15.9 Å². The van der Waals surface area contributed by atoms with E-state index in [4.69, 9.17) is 27.9 Å². The minimum absolute atomic E-state index is 0.0103. The number of hydrogen-bond acceptors (Lipinski definition) is 2. The highest BCUT2D eigenvalue weighted by Gasteiger charge is 2.19. The zero-order valence-electron chi connectivity index (χ0n) is 10.9. The summed E-state index contributed by atoms with van der Waals surface area (Å²) in [5.74, 6) is -2.60. The van der Waals surface area contributed by atoms with Crippen molar-refractivity contribution in [1.29, 1.82) is 0 Å². The van der Waals surface area contributed by atoms with Crippen LogP contribution in [0.25, 0.3) is 0 Å². The first kappa shape index (κ1) is 15.7. The summed E-state index contributed by atoms with van der Waals surface area (Å²) in [5, 5.41) is 0.618. The third-order valence-electron chi connectivity index (χ3n) is 2.88. The van der Waals surface area contributed by atoms with E-state index in [1.165, 1.54) is 19.2 Å². The Bertz CT molecular complexity index is 679. The van der Waals surface area contributed by atoms with E-state index in [-0.39, 0.29) is 17.2 Å². The van der Waals surface area contributed by atoms with Crippen LogP contribution in [0.4, 0.5) is 8.78 Å². The lowest BCUT2D eigenvalue weighted by Crippen LogP contribution is -2.09. The zero-order chi connectivity index (χ0) is 15.6.